The van der Waals surface area contributed by atoms with Crippen molar-refractivity contribution in [2.45, 2.75) is 76.0 Å². The number of hydrogen-bond donors (Lipinski definition) is 1. The van der Waals surface area contributed by atoms with E-state index < -0.39 is 10.1 Å². The molecule has 1 saturated carbocycles. The van der Waals surface area contributed by atoms with Crippen LogP contribution in [-0.4, -0.2) is 51.6 Å². The standard InChI is InChI=1S/C22H36N2O4S/c1-27-18-20-12-8-16-24(20)23-22(19-10-4-2-5-11-19)15-9-17-29(25,26)28-21-13-6-3-7-14-21/h2,4-5,10-11,20-23H,3,6-9,12-18H2,1H3/t20-,22-/m0/s1. The minimum atomic E-state index is -3.47. The number of rotatable bonds is 11. The van der Waals surface area contributed by atoms with Crippen molar-refractivity contribution in [3.05, 3.63) is 35.9 Å². The lowest BCUT2D eigenvalue weighted by Gasteiger charge is -2.30. The highest BCUT2D eigenvalue weighted by Crippen LogP contribution is 2.25. The van der Waals surface area contributed by atoms with Crippen molar-refractivity contribution in [1.29, 1.82) is 0 Å². The Morgan fingerprint density at radius 3 is 2.59 bits per heavy atom. The molecule has 0 unspecified atom stereocenters. The van der Waals surface area contributed by atoms with E-state index in [1.54, 1.807) is 7.11 Å². The molecule has 0 spiro atoms. The van der Waals surface area contributed by atoms with E-state index in [1.165, 1.54) is 12.0 Å². The number of methoxy groups -OCH3 is 1. The molecule has 2 atom stereocenters. The normalized spacial score (nSPS) is 22.7. The topological polar surface area (TPSA) is 67.9 Å². The van der Waals surface area contributed by atoms with Crippen LogP contribution in [0.2, 0.25) is 0 Å². The number of ether oxygens (including phenoxy) is 1. The van der Waals surface area contributed by atoms with Crippen molar-refractivity contribution in [3.8, 4) is 0 Å². The van der Waals surface area contributed by atoms with E-state index >= 15 is 0 Å². The van der Waals surface area contributed by atoms with Crippen molar-refractivity contribution in [2.24, 2.45) is 0 Å². The largest absolute Gasteiger partial charge is 0.383 e. The van der Waals surface area contributed by atoms with Crippen LogP contribution in [0.1, 0.15) is 69.4 Å². The molecule has 2 fully saturated rings. The van der Waals surface area contributed by atoms with Crippen molar-refractivity contribution >= 4 is 10.1 Å². The predicted octanol–water partition coefficient (Wildman–Crippen LogP) is 3.80. The smallest absolute Gasteiger partial charge is 0.267 e. The van der Waals surface area contributed by atoms with Crippen LogP contribution in [0.15, 0.2) is 30.3 Å². The van der Waals surface area contributed by atoms with E-state index in [0.717, 1.165) is 51.5 Å². The summed E-state index contributed by atoms with van der Waals surface area (Å²) in [5.41, 5.74) is 4.83. The fourth-order valence-corrected chi connectivity index (χ4v) is 5.67. The Balaban J connectivity index is 1.55. The highest BCUT2D eigenvalue weighted by Gasteiger charge is 2.27. The Hall–Kier alpha value is -0.990. The molecule has 1 aliphatic carbocycles. The molecule has 29 heavy (non-hydrogen) atoms. The van der Waals surface area contributed by atoms with E-state index in [1.807, 2.05) is 18.2 Å². The zero-order chi connectivity index (χ0) is 20.5. The molecule has 3 rings (SSSR count). The molecule has 1 heterocycles. The second-order valence-corrected chi connectivity index (χ2v) is 10.0. The summed E-state index contributed by atoms with van der Waals surface area (Å²) in [6.45, 7) is 1.69. The molecule has 0 amide bonds. The fourth-order valence-electron chi connectivity index (χ4n) is 4.44. The van der Waals surface area contributed by atoms with Gasteiger partial charge < -0.3 is 4.74 Å². The molecule has 0 radical (unpaired) electrons. The van der Waals surface area contributed by atoms with Gasteiger partial charge in [-0.15, -0.1) is 0 Å². The van der Waals surface area contributed by atoms with Crippen molar-refractivity contribution in [2.75, 3.05) is 26.0 Å². The van der Waals surface area contributed by atoms with Gasteiger partial charge in [-0.25, -0.2) is 10.4 Å². The SMILES string of the molecule is COC[C@@H]1CCCN1N[C@@H](CCCS(=O)(=O)OC1CCCCC1)c1ccccc1. The molecule has 1 aromatic carbocycles. The van der Waals surface area contributed by atoms with Gasteiger partial charge in [-0.2, -0.15) is 8.42 Å². The Kier molecular flexibility index (Phi) is 8.93. The van der Waals surface area contributed by atoms with Crippen LogP contribution in [0.4, 0.5) is 0 Å². The van der Waals surface area contributed by atoms with E-state index in [4.69, 9.17) is 8.92 Å². The summed E-state index contributed by atoms with van der Waals surface area (Å²) >= 11 is 0. The molecular weight excluding hydrogens is 388 g/mol. The molecule has 1 aromatic rings. The monoisotopic (exact) mass is 424 g/mol. The van der Waals surface area contributed by atoms with Gasteiger partial charge in [0.15, 0.2) is 0 Å². The number of hydrazine groups is 1. The zero-order valence-electron chi connectivity index (χ0n) is 17.6. The van der Waals surface area contributed by atoms with Crippen LogP contribution < -0.4 is 5.43 Å². The third-order valence-corrected chi connectivity index (χ3v) is 7.34. The van der Waals surface area contributed by atoms with Crippen molar-refractivity contribution < 1.29 is 17.3 Å². The van der Waals surface area contributed by atoms with Gasteiger partial charge in [-0.05, 0) is 44.1 Å². The fraction of sp³-hybridized carbons (Fsp3) is 0.727. The van der Waals surface area contributed by atoms with Gasteiger partial charge in [0, 0.05) is 25.7 Å². The molecular formula is C22H36N2O4S. The number of hydrogen-bond acceptors (Lipinski definition) is 6. The molecule has 2 aliphatic rings. The van der Waals surface area contributed by atoms with Crippen molar-refractivity contribution in [3.63, 3.8) is 0 Å². The molecule has 1 aliphatic heterocycles. The zero-order valence-corrected chi connectivity index (χ0v) is 18.4. The van der Waals surface area contributed by atoms with E-state index in [9.17, 15) is 8.42 Å². The van der Waals surface area contributed by atoms with Gasteiger partial charge in [-0.3, -0.25) is 4.18 Å². The van der Waals surface area contributed by atoms with Crippen LogP contribution in [0.25, 0.3) is 0 Å². The minimum Gasteiger partial charge on any atom is -0.383 e. The lowest BCUT2D eigenvalue weighted by atomic mass is 9.98. The molecule has 1 saturated heterocycles. The summed E-state index contributed by atoms with van der Waals surface area (Å²) in [4.78, 5) is 0. The summed E-state index contributed by atoms with van der Waals surface area (Å²) in [6, 6.07) is 10.7. The van der Waals surface area contributed by atoms with Gasteiger partial charge in [0.25, 0.3) is 10.1 Å². The molecule has 1 N–H and O–H groups in total. The first-order valence-electron chi connectivity index (χ1n) is 11.0. The maximum Gasteiger partial charge on any atom is 0.267 e. The first kappa shape index (κ1) is 22.7. The number of nitrogens with zero attached hydrogens (tertiary/aromatic N) is 1. The summed E-state index contributed by atoms with van der Waals surface area (Å²) in [5, 5.41) is 2.27. The summed E-state index contributed by atoms with van der Waals surface area (Å²) in [7, 11) is -1.73. The first-order valence-corrected chi connectivity index (χ1v) is 12.6. The predicted molar refractivity (Wildman–Crippen MR) is 115 cm³/mol. The Morgan fingerprint density at radius 1 is 1.10 bits per heavy atom. The molecule has 6 nitrogen and oxygen atoms in total. The van der Waals surface area contributed by atoms with Gasteiger partial charge in [0.05, 0.1) is 18.5 Å². The number of benzene rings is 1. The quantitative estimate of drug-likeness (QED) is 0.545. The maximum absolute atomic E-state index is 12.4. The van der Waals surface area contributed by atoms with Crippen LogP contribution in [-0.2, 0) is 19.0 Å². The van der Waals surface area contributed by atoms with Crippen molar-refractivity contribution in [1.82, 2.24) is 10.4 Å². The van der Waals surface area contributed by atoms with Crippen LogP contribution in [0.3, 0.4) is 0 Å². The third kappa shape index (κ3) is 7.33. The second-order valence-electron chi connectivity index (χ2n) is 8.30. The highest BCUT2D eigenvalue weighted by atomic mass is 32.2. The molecule has 7 heteroatoms. The van der Waals surface area contributed by atoms with Gasteiger partial charge >= 0.3 is 0 Å². The van der Waals surface area contributed by atoms with Gasteiger partial charge in [0.2, 0.25) is 0 Å². The van der Waals surface area contributed by atoms with Gasteiger partial charge in [0.1, 0.15) is 0 Å². The summed E-state index contributed by atoms with van der Waals surface area (Å²) < 4.78 is 35.7. The molecule has 164 valence electrons. The summed E-state index contributed by atoms with van der Waals surface area (Å²) in [6.07, 6.45) is 8.52. The summed E-state index contributed by atoms with van der Waals surface area (Å²) in [5.74, 6) is 0.0794. The molecule has 0 bridgehead atoms. The van der Waals surface area contributed by atoms with Crippen LogP contribution >= 0.6 is 0 Å². The lowest BCUT2D eigenvalue weighted by molar-refractivity contribution is 0.0691. The Bertz CT molecular complexity index is 692. The lowest BCUT2D eigenvalue weighted by Crippen LogP contribution is -2.45. The highest BCUT2D eigenvalue weighted by molar-refractivity contribution is 7.86. The van der Waals surface area contributed by atoms with Crippen LogP contribution in [0.5, 0.6) is 0 Å². The average molecular weight is 425 g/mol. The number of nitrogens with one attached hydrogen (secondary N) is 1. The van der Waals surface area contributed by atoms with E-state index in [-0.39, 0.29) is 17.9 Å². The van der Waals surface area contributed by atoms with E-state index in [2.05, 4.69) is 22.6 Å². The second kappa shape index (κ2) is 11.4. The van der Waals surface area contributed by atoms with Crippen LogP contribution in [0, 0.1) is 0 Å². The van der Waals surface area contributed by atoms with Gasteiger partial charge in [-0.1, -0.05) is 49.6 Å². The Labute approximate surface area is 176 Å². The average Bonchev–Trinajstić information content (AvgIpc) is 3.15. The molecule has 0 aromatic heterocycles. The third-order valence-electron chi connectivity index (χ3n) is 5.98. The first-order chi connectivity index (χ1) is 14.1. The Morgan fingerprint density at radius 2 is 1.86 bits per heavy atom. The minimum absolute atomic E-state index is 0.0794. The van der Waals surface area contributed by atoms with E-state index in [0.29, 0.717) is 19.1 Å². The maximum atomic E-state index is 12.4.